The summed E-state index contributed by atoms with van der Waals surface area (Å²) in [5.41, 5.74) is -0.598. The van der Waals surface area contributed by atoms with Gasteiger partial charge in [-0.25, -0.2) is 0 Å². The number of rotatable bonds is 1. The average Bonchev–Trinajstić information content (AvgIpc) is 2.23. The van der Waals surface area contributed by atoms with Crippen LogP contribution in [0.4, 0.5) is 0 Å². The van der Waals surface area contributed by atoms with Crippen LogP contribution in [0.25, 0.3) is 0 Å². The maximum absolute atomic E-state index is 11.7. The minimum atomic E-state index is -0.744. The van der Waals surface area contributed by atoms with Gasteiger partial charge in [-0.1, -0.05) is 13.8 Å². The lowest BCUT2D eigenvalue weighted by atomic mass is 9.47. The van der Waals surface area contributed by atoms with Crippen molar-refractivity contribution in [3.63, 3.8) is 0 Å². The molecule has 0 radical (unpaired) electrons. The van der Waals surface area contributed by atoms with Crippen molar-refractivity contribution in [2.24, 2.45) is 10.8 Å². The first-order valence-corrected chi connectivity index (χ1v) is 5.86. The molecule has 94 valence electrons. The van der Waals surface area contributed by atoms with E-state index in [0.29, 0.717) is 19.8 Å². The Bertz CT molecular complexity index is 308. The number of carbonyl (C=O) groups excluding carboxylic acids is 1. The molecule has 0 atom stereocenters. The van der Waals surface area contributed by atoms with Gasteiger partial charge in [0, 0.05) is 25.2 Å². The van der Waals surface area contributed by atoms with E-state index < -0.39 is 19.4 Å². The third kappa shape index (κ3) is 2.84. The quantitative estimate of drug-likeness (QED) is 0.631. The highest BCUT2D eigenvalue weighted by atomic mass is 16.7. The van der Waals surface area contributed by atoms with Crippen molar-refractivity contribution in [1.29, 1.82) is 0 Å². The molecular weight excluding hydrogens is 222 g/mol. The van der Waals surface area contributed by atoms with E-state index in [4.69, 9.17) is 18.6 Å². The number of hydrogen-bond acceptors (Lipinski definition) is 5. The standard InChI is InChI=1S/C10H18B2O5/c1-9(2)5-14-11(15-6-9)12-16-7-10(3,4)8(13)17-12/h5-7H2,1-4H3. The molecule has 7 heteroatoms. The van der Waals surface area contributed by atoms with Crippen LogP contribution in [0, 0.1) is 10.8 Å². The molecule has 0 aromatic heterocycles. The first kappa shape index (κ1) is 12.9. The summed E-state index contributed by atoms with van der Waals surface area (Å²) in [6, 6.07) is 0. The van der Waals surface area contributed by atoms with Crippen molar-refractivity contribution in [2.45, 2.75) is 27.7 Å². The van der Waals surface area contributed by atoms with Crippen LogP contribution in [0.1, 0.15) is 27.7 Å². The molecule has 2 saturated heterocycles. The van der Waals surface area contributed by atoms with E-state index in [1.54, 1.807) is 13.8 Å². The smallest absolute Gasteiger partial charge is 0.511 e. The summed E-state index contributed by atoms with van der Waals surface area (Å²) < 4.78 is 21.7. The highest BCUT2D eigenvalue weighted by molar-refractivity contribution is 7.11. The zero-order chi connectivity index (χ0) is 12.7. The molecule has 2 heterocycles. The molecule has 0 N–H and O–H groups in total. The van der Waals surface area contributed by atoms with Crippen LogP contribution in [0.3, 0.4) is 0 Å². The molecular formula is C10H18B2O5. The fourth-order valence-electron chi connectivity index (χ4n) is 1.64. The van der Waals surface area contributed by atoms with Crippen LogP contribution in [-0.2, 0) is 23.4 Å². The molecule has 5 nitrogen and oxygen atoms in total. The van der Waals surface area contributed by atoms with Crippen molar-refractivity contribution in [2.75, 3.05) is 19.8 Å². The zero-order valence-electron chi connectivity index (χ0n) is 10.8. The third-order valence-corrected chi connectivity index (χ3v) is 2.88. The minimum Gasteiger partial charge on any atom is -0.511 e. The fourth-order valence-corrected chi connectivity index (χ4v) is 1.64. The largest absolute Gasteiger partial charge is 0.554 e. The predicted octanol–water partition coefficient (Wildman–Crippen LogP) is 0.714. The third-order valence-electron chi connectivity index (χ3n) is 2.88. The van der Waals surface area contributed by atoms with E-state index in [1.807, 2.05) is 0 Å². The van der Waals surface area contributed by atoms with Gasteiger partial charge in [-0.3, -0.25) is 4.79 Å². The molecule has 0 saturated carbocycles. The van der Waals surface area contributed by atoms with Crippen molar-refractivity contribution in [3.8, 4) is 0 Å². The van der Waals surface area contributed by atoms with Gasteiger partial charge in [-0.15, -0.1) is 0 Å². The Morgan fingerprint density at radius 2 is 1.47 bits per heavy atom. The molecule has 0 amide bonds. The average molecular weight is 240 g/mol. The summed E-state index contributed by atoms with van der Waals surface area (Å²) in [6.45, 7) is 9.15. The van der Waals surface area contributed by atoms with Gasteiger partial charge in [0.25, 0.3) is 5.97 Å². The predicted molar refractivity (Wildman–Crippen MR) is 63.0 cm³/mol. The molecule has 0 aliphatic carbocycles. The molecule has 0 spiro atoms. The van der Waals surface area contributed by atoms with E-state index in [2.05, 4.69) is 13.8 Å². The Kier molecular flexibility index (Phi) is 3.27. The topological polar surface area (TPSA) is 54.0 Å². The van der Waals surface area contributed by atoms with Crippen LogP contribution in [0.15, 0.2) is 0 Å². The number of hydrogen-bond donors (Lipinski definition) is 0. The lowest BCUT2D eigenvalue weighted by Crippen LogP contribution is -2.57. The van der Waals surface area contributed by atoms with Crippen LogP contribution in [0.5, 0.6) is 0 Å². The maximum Gasteiger partial charge on any atom is 0.554 e. The summed E-state index contributed by atoms with van der Waals surface area (Å²) >= 11 is 0. The first-order chi connectivity index (χ1) is 7.80. The Hall–Kier alpha value is -0.520. The Balaban J connectivity index is 1.91. The highest BCUT2D eigenvalue weighted by Crippen LogP contribution is 2.27. The Morgan fingerprint density at radius 3 is 2.00 bits per heavy atom. The fraction of sp³-hybridized carbons (Fsp3) is 0.900. The lowest BCUT2D eigenvalue weighted by Gasteiger charge is -2.37. The summed E-state index contributed by atoms with van der Waals surface area (Å²) in [5.74, 6) is -0.272. The molecule has 0 aromatic carbocycles. The second kappa shape index (κ2) is 4.30. The zero-order valence-corrected chi connectivity index (χ0v) is 10.8. The van der Waals surface area contributed by atoms with E-state index in [-0.39, 0.29) is 11.4 Å². The van der Waals surface area contributed by atoms with Gasteiger partial charge in [0.2, 0.25) is 0 Å². The molecule has 2 fully saturated rings. The van der Waals surface area contributed by atoms with Gasteiger partial charge in [0.05, 0.1) is 5.41 Å². The van der Waals surface area contributed by atoms with Gasteiger partial charge in [0.1, 0.15) is 0 Å². The van der Waals surface area contributed by atoms with Gasteiger partial charge in [0.15, 0.2) is 0 Å². The van der Waals surface area contributed by atoms with Crippen molar-refractivity contribution in [3.05, 3.63) is 0 Å². The lowest BCUT2D eigenvalue weighted by molar-refractivity contribution is -0.152. The van der Waals surface area contributed by atoms with E-state index in [1.165, 1.54) is 0 Å². The highest BCUT2D eigenvalue weighted by Gasteiger charge is 2.52. The van der Waals surface area contributed by atoms with Crippen LogP contribution in [-0.4, -0.2) is 39.8 Å². The van der Waals surface area contributed by atoms with Crippen molar-refractivity contribution >= 4 is 20.0 Å². The van der Waals surface area contributed by atoms with Crippen molar-refractivity contribution < 1.29 is 23.4 Å². The summed E-state index contributed by atoms with van der Waals surface area (Å²) in [5, 5.41) is 0. The van der Waals surface area contributed by atoms with Crippen molar-refractivity contribution in [1.82, 2.24) is 0 Å². The molecule has 2 aliphatic heterocycles. The summed E-state index contributed by atoms with van der Waals surface area (Å²) in [7, 11) is -1.35. The molecule has 2 aliphatic rings. The normalized spacial score (nSPS) is 27.9. The second-order valence-electron chi connectivity index (χ2n) is 6.12. The molecule has 0 bridgehead atoms. The van der Waals surface area contributed by atoms with Gasteiger partial charge in [-0.05, 0) is 13.8 Å². The molecule has 2 rings (SSSR count). The van der Waals surface area contributed by atoms with E-state index >= 15 is 0 Å². The van der Waals surface area contributed by atoms with E-state index in [9.17, 15) is 4.79 Å². The second-order valence-corrected chi connectivity index (χ2v) is 6.12. The van der Waals surface area contributed by atoms with Crippen LogP contribution < -0.4 is 0 Å². The van der Waals surface area contributed by atoms with Gasteiger partial charge < -0.3 is 18.6 Å². The maximum atomic E-state index is 11.7. The summed E-state index contributed by atoms with van der Waals surface area (Å²) in [6.07, 6.45) is 0. The molecule has 0 aromatic rings. The molecule has 17 heavy (non-hydrogen) atoms. The van der Waals surface area contributed by atoms with Gasteiger partial charge >= 0.3 is 14.0 Å². The Labute approximate surface area is 102 Å². The number of carbonyl (C=O) groups is 1. The van der Waals surface area contributed by atoms with Crippen LogP contribution >= 0.6 is 0 Å². The van der Waals surface area contributed by atoms with Crippen LogP contribution in [0.2, 0.25) is 0 Å². The minimum absolute atomic E-state index is 0.00551. The summed E-state index contributed by atoms with van der Waals surface area (Å²) in [4.78, 5) is 11.7. The first-order valence-electron chi connectivity index (χ1n) is 5.86. The molecule has 0 unspecified atom stereocenters. The Morgan fingerprint density at radius 1 is 0.941 bits per heavy atom. The van der Waals surface area contributed by atoms with E-state index in [0.717, 1.165) is 0 Å². The monoisotopic (exact) mass is 240 g/mol. The van der Waals surface area contributed by atoms with Gasteiger partial charge in [-0.2, -0.15) is 0 Å². The SMILES string of the molecule is CC1(C)COB(B2OCC(C)(C)C(=O)O2)OC1.